The Balaban J connectivity index is 2.15. The molecule has 3 N–H and O–H groups in total. The van der Waals surface area contributed by atoms with Crippen molar-refractivity contribution >= 4 is 28.0 Å². The normalized spacial score (nSPS) is 10.1. The van der Waals surface area contributed by atoms with Crippen molar-refractivity contribution in [1.29, 1.82) is 0 Å². The second-order valence-corrected chi connectivity index (χ2v) is 3.75. The highest BCUT2D eigenvalue weighted by Gasteiger charge is 1.99. The molecule has 0 spiro atoms. The zero-order chi connectivity index (χ0) is 9.97. The SMILES string of the molecule is Cc1csc(Nc2ccc(N)cn2)n1. The summed E-state index contributed by atoms with van der Waals surface area (Å²) in [4.78, 5) is 8.38. The maximum absolute atomic E-state index is 5.52. The van der Waals surface area contributed by atoms with Crippen LogP contribution >= 0.6 is 11.3 Å². The van der Waals surface area contributed by atoms with Gasteiger partial charge in [0.15, 0.2) is 5.13 Å². The van der Waals surface area contributed by atoms with Crippen LogP contribution in [-0.2, 0) is 0 Å². The molecular weight excluding hydrogens is 196 g/mol. The number of anilines is 3. The van der Waals surface area contributed by atoms with Gasteiger partial charge in [-0.3, -0.25) is 0 Å². The minimum atomic E-state index is 0.658. The number of nitrogens with one attached hydrogen (secondary N) is 1. The lowest BCUT2D eigenvalue weighted by atomic mass is 10.4. The summed E-state index contributed by atoms with van der Waals surface area (Å²) >= 11 is 1.56. The molecule has 0 unspecified atom stereocenters. The summed E-state index contributed by atoms with van der Waals surface area (Å²) in [5, 5.41) is 5.93. The molecule has 0 aliphatic rings. The van der Waals surface area contributed by atoms with E-state index in [1.807, 2.05) is 18.4 Å². The van der Waals surface area contributed by atoms with E-state index in [4.69, 9.17) is 5.73 Å². The molecule has 0 aliphatic carbocycles. The fraction of sp³-hybridized carbons (Fsp3) is 0.111. The van der Waals surface area contributed by atoms with Gasteiger partial charge in [0, 0.05) is 5.38 Å². The molecule has 0 aromatic carbocycles. The van der Waals surface area contributed by atoms with E-state index in [2.05, 4.69) is 15.3 Å². The Morgan fingerprint density at radius 3 is 2.86 bits per heavy atom. The van der Waals surface area contributed by atoms with E-state index in [9.17, 15) is 0 Å². The molecule has 2 aromatic rings. The van der Waals surface area contributed by atoms with Crippen molar-refractivity contribution < 1.29 is 0 Å². The Morgan fingerprint density at radius 1 is 1.43 bits per heavy atom. The summed E-state index contributed by atoms with van der Waals surface area (Å²) in [6.45, 7) is 1.96. The Morgan fingerprint density at radius 2 is 2.29 bits per heavy atom. The number of hydrogen-bond acceptors (Lipinski definition) is 5. The molecule has 72 valence electrons. The van der Waals surface area contributed by atoms with Gasteiger partial charge in [-0.25, -0.2) is 9.97 Å². The lowest BCUT2D eigenvalue weighted by Gasteiger charge is -2.00. The van der Waals surface area contributed by atoms with Gasteiger partial charge >= 0.3 is 0 Å². The molecule has 0 aliphatic heterocycles. The summed E-state index contributed by atoms with van der Waals surface area (Å²) in [7, 11) is 0. The molecule has 0 radical (unpaired) electrons. The molecule has 0 saturated heterocycles. The summed E-state index contributed by atoms with van der Waals surface area (Å²) in [6, 6.07) is 3.63. The summed E-state index contributed by atoms with van der Waals surface area (Å²) in [5.74, 6) is 0.758. The fourth-order valence-electron chi connectivity index (χ4n) is 1.00. The van der Waals surface area contributed by atoms with Crippen LogP contribution in [0.25, 0.3) is 0 Å². The quantitative estimate of drug-likeness (QED) is 0.790. The first-order chi connectivity index (χ1) is 6.74. The van der Waals surface area contributed by atoms with Crippen molar-refractivity contribution in [3.05, 3.63) is 29.4 Å². The van der Waals surface area contributed by atoms with Gasteiger partial charge in [-0.15, -0.1) is 11.3 Å². The van der Waals surface area contributed by atoms with Crippen molar-refractivity contribution in [2.24, 2.45) is 0 Å². The van der Waals surface area contributed by atoms with E-state index in [0.717, 1.165) is 16.6 Å². The largest absolute Gasteiger partial charge is 0.397 e. The first-order valence-electron chi connectivity index (χ1n) is 4.15. The lowest BCUT2D eigenvalue weighted by Crippen LogP contribution is -1.93. The zero-order valence-electron chi connectivity index (χ0n) is 7.69. The molecular formula is C9H10N4S. The van der Waals surface area contributed by atoms with Crippen molar-refractivity contribution in [2.75, 3.05) is 11.1 Å². The maximum Gasteiger partial charge on any atom is 0.188 e. The fourth-order valence-corrected chi connectivity index (χ4v) is 1.70. The third kappa shape index (κ3) is 2.00. The average Bonchev–Trinajstić information content (AvgIpc) is 2.56. The highest BCUT2D eigenvalue weighted by Crippen LogP contribution is 2.19. The first-order valence-corrected chi connectivity index (χ1v) is 5.03. The summed E-state index contributed by atoms with van der Waals surface area (Å²) in [5.41, 5.74) is 7.19. The van der Waals surface area contributed by atoms with E-state index in [-0.39, 0.29) is 0 Å². The topological polar surface area (TPSA) is 63.8 Å². The molecule has 2 heterocycles. The molecule has 0 amide bonds. The van der Waals surface area contributed by atoms with Gasteiger partial charge in [-0.2, -0.15) is 0 Å². The van der Waals surface area contributed by atoms with Gasteiger partial charge in [-0.05, 0) is 19.1 Å². The van der Waals surface area contributed by atoms with E-state index >= 15 is 0 Å². The predicted octanol–water partition coefficient (Wildman–Crippen LogP) is 2.17. The number of aromatic nitrogens is 2. The molecule has 0 fully saturated rings. The standard InChI is InChI=1S/C9H10N4S/c1-6-5-14-9(12-6)13-8-3-2-7(10)4-11-8/h2-5H,10H2,1H3,(H,11,12,13). The van der Waals surface area contributed by atoms with Crippen LogP contribution < -0.4 is 11.1 Å². The molecule has 0 atom stereocenters. The van der Waals surface area contributed by atoms with Gasteiger partial charge in [0.1, 0.15) is 5.82 Å². The summed E-state index contributed by atoms with van der Waals surface area (Å²) in [6.07, 6.45) is 1.61. The third-order valence-corrected chi connectivity index (χ3v) is 2.52. The minimum Gasteiger partial charge on any atom is -0.397 e. The van der Waals surface area contributed by atoms with E-state index < -0.39 is 0 Å². The predicted molar refractivity (Wildman–Crippen MR) is 58.8 cm³/mol. The highest BCUT2D eigenvalue weighted by atomic mass is 32.1. The maximum atomic E-state index is 5.52. The molecule has 0 saturated carbocycles. The Labute approximate surface area is 85.8 Å². The van der Waals surface area contributed by atoms with Crippen LogP contribution in [0.5, 0.6) is 0 Å². The monoisotopic (exact) mass is 206 g/mol. The van der Waals surface area contributed by atoms with Gasteiger partial charge in [0.2, 0.25) is 0 Å². The molecule has 2 rings (SSSR count). The Bertz CT molecular complexity index is 421. The average molecular weight is 206 g/mol. The van der Waals surface area contributed by atoms with Crippen LogP contribution in [0.1, 0.15) is 5.69 Å². The van der Waals surface area contributed by atoms with Crippen LogP contribution in [0.15, 0.2) is 23.7 Å². The van der Waals surface area contributed by atoms with Crippen molar-refractivity contribution in [3.63, 3.8) is 0 Å². The number of aryl methyl sites for hydroxylation is 1. The minimum absolute atomic E-state index is 0.658. The summed E-state index contributed by atoms with van der Waals surface area (Å²) < 4.78 is 0. The van der Waals surface area contributed by atoms with Crippen LogP contribution in [0.3, 0.4) is 0 Å². The molecule has 5 heteroatoms. The van der Waals surface area contributed by atoms with Crippen molar-refractivity contribution in [1.82, 2.24) is 9.97 Å². The van der Waals surface area contributed by atoms with Crippen molar-refractivity contribution in [2.45, 2.75) is 6.92 Å². The van der Waals surface area contributed by atoms with Gasteiger partial charge in [-0.1, -0.05) is 0 Å². The number of hydrogen-bond donors (Lipinski definition) is 2. The van der Waals surface area contributed by atoms with Crippen LogP contribution in [0.4, 0.5) is 16.6 Å². The number of thiazole rings is 1. The molecule has 14 heavy (non-hydrogen) atoms. The molecule has 4 nitrogen and oxygen atoms in total. The number of rotatable bonds is 2. The second-order valence-electron chi connectivity index (χ2n) is 2.90. The number of nitrogens with two attached hydrogens (primary N) is 1. The van der Waals surface area contributed by atoms with Crippen molar-refractivity contribution in [3.8, 4) is 0 Å². The van der Waals surface area contributed by atoms with Gasteiger partial charge in [0.25, 0.3) is 0 Å². The Kier molecular flexibility index (Phi) is 2.32. The number of nitrogens with zero attached hydrogens (tertiary/aromatic N) is 2. The Hall–Kier alpha value is -1.62. The smallest absolute Gasteiger partial charge is 0.188 e. The van der Waals surface area contributed by atoms with E-state index in [1.165, 1.54) is 0 Å². The molecule has 2 aromatic heterocycles. The highest BCUT2D eigenvalue weighted by molar-refractivity contribution is 7.13. The number of pyridine rings is 1. The van der Waals surface area contributed by atoms with Crippen LogP contribution in [0.2, 0.25) is 0 Å². The first kappa shape index (κ1) is 8.96. The van der Waals surface area contributed by atoms with E-state index in [1.54, 1.807) is 23.6 Å². The van der Waals surface area contributed by atoms with Gasteiger partial charge in [0.05, 0.1) is 17.6 Å². The number of nitrogen functional groups attached to an aromatic ring is 1. The van der Waals surface area contributed by atoms with Crippen LogP contribution in [0, 0.1) is 6.92 Å². The van der Waals surface area contributed by atoms with Crippen LogP contribution in [-0.4, -0.2) is 9.97 Å². The van der Waals surface area contributed by atoms with E-state index in [0.29, 0.717) is 5.69 Å². The third-order valence-electron chi connectivity index (χ3n) is 1.64. The van der Waals surface area contributed by atoms with Gasteiger partial charge < -0.3 is 11.1 Å². The molecule has 0 bridgehead atoms. The lowest BCUT2D eigenvalue weighted by molar-refractivity contribution is 1.24. The zero-order valence-corrected chi connectivity index (χ0v) is 8.51. The second kappa shape index (κ2) is 3.63.